The second-order valence-electron chi connectivity index (χ2n) is 6.68. The van der Waals surface area contributed by atoms with Gasteiger partial charge in [-0.15, -0.1) is 0 Å². The number of benzene rings is 2. The minimum atomic E-state index is -0.473. The summed E-state index contributed by atoms with van der Waals surface area (Å²) in [6.45, 7) is 0.461. The van der Waals surface area contributed by atoms with Gasteiger partial charge in [-0.1, -0.05) is 65.8 Å². The summed E-state index contributed by atoms with van der Waals surface area (Å²) in [7, 11) is 1.61. The fraction of sp³-hybridized carbons (Fsp3) is 0.190. The second kappa shape index (κ2) is 8.31. The zero-order valence-corrected chi connectivity index (χ0v) is 17.3. The molecule has 2 aromatic carbocycles. The Morgan fingerprint density at radius 1 is 1.03 bits per heavy atom. The van der Waals surface area contributed by atoms with E-state index in [1.54, 1.807) is 18.8 Å². The molecule has 0 saturated heterocycles. The second-order valence-corrected chi connectivity index (χ2v) is 8.18. The van der Waals surface area contributed by atoms with Crippen LogP contribution in [0.3, 0.4) is 0 Å². The first-order valence-electron chi connectivity index (χ1n) is 9.13. The molecule has 8 heteroatoms. The van der Waals surface area contributed by atoms with Crippen LogP contribution in [-0.2, 0) is 20.0 Å². The number of aromatic nitrogens is 4. The number of nitrogens with zero attached hydrogens (tertiary/aromatic N) is 3. The molecule has 2 heterocycles. The van der Waals surface area contributed by atoms with E-state index in [9.17, 15) is 9.59 Å². The third-order valence-corrected chi connectivity index (χ3v) is 5.92. The third kappa shape index (κ3) is 4.16. The van der Waals surface area contributed by atoms with Crippen molar-refractivity contribution in [1.82, 2.24) is 19.1 Å². The standard InChI is InChI=1S/C21H19ClN4O2S/c1-25-18-17(19(27)24-20(25)28)26(13-15-7-9-16(22)10-8-15)21(23-18)29-12-11-14-5-3-2-4-6-14/h2-10H,11-13H2,1H3,(H,24,27,28). The van der Waals surface area contributed by atoms with E-state index in [1.165, 1.54) is 10.1 Å². The normalized spacial score (nSPS) is 11.2. The molecule has 0 atom stereocenters. The van der Waals surface area contributed by atoms with Crippen LogP contribution in [0.2, 0.25) is 5.02 Å². The van der Waals surface area contributed by atoms with Crippen molar-refractivity contribution in [3.63, 3.8) is 0 Å². The summed E-state index contributed by atoms with van der Waals surface area (Å²) in [4.78, 5) is 31.6. The monoisotopic (exact) mass is 426 g/mol. The average molecular weight is 427 g/mol. The number of halogens is 1. The molecule has 148 valence electrons. The Hall–Kier alpha value is -2.77. The summed E-state index contributed by atoms with van der Waals surface area (Å²) < 4.78 is 3.24. The molecule has 4 rings (SSSR count). The number of aryl methyl sites for hydroxylation is 2. The number of fused-ring (bicyclic) bond motifs is 1. The summed E-state index contributed by atoms with van der Waals surface area (Å²) in [5.41, 5.74) is 2.11. The van der Waals surface area contributed by atoms with Crippen molar-refractivity contribution in [3.05, 3.63) is 91.6 Å². The van der Waals surface area contributed by atoms with Gasteiger partial charge in [0.05, 0.1) is 6.54 Å². The lowest BCUT2D eigenvalue weighted by Gasteiger charge is -2.09. The minimum absolute atomic E-state index is 0.384. The molecule has 4 aromatic rings. The molecule has 29 heavy (non-hydrogen) atoms. The summed E-state index contributed by atoms with van der Waals surface area (Å²) in [6.07, 6.45) is 0.880. The first kappa shape index (κ1) is 19.5. The van der Waals surface area contributed by atoms with Crippen LogP contribution in [0.5, 0.6) is 0 Å². The summed E-state index contributed by atoms with van der Waals surface area (Å²) >= 11 is 7.56. The molecule has 0 bridgehead atoms. The molecule has 6 nitrogen and oxygen atoms in total. The van der Waals surface area contributed by atoms with Crippen LogP contribution in [0.4, 0.5) is 0 Å². The van der Waals surface area contributed by atoms with Crippen molar-refractivity contribution in [2.45, 2.75) is 18.1 Å². The van der Waals surface area contributed by atoms with Gasteiger partial charge in [-0.05, 0) is 29.7 Å². The van der Waals surface area contributed by atoms with Gasteiger partial charge in [0.1, 0.15) is 0 Å². The van der Waals surface area contributed by atoms with Crippen LogP contribution in [0.1, 0.15) is 11.1 Å². The van der Waals surface area contributed by atoms with Crippen LogP contribution in [0.15, 0.2) is 69.3 Å². The number of nitrogens with one attached hydrogen (secondary N) is 1. The Labute approximate surface area is 176 Å². The largest absolute Gasteiger partial charge is 0.329 e. The highest BCUT2D eigenvalue weighted by Crippen LogP contribution is 2.24. The lowest BCUT2D eigenvalue weighted by atomic mass is 10.2. The van der Waals surface area contributed by atoms with Crippen molar-refractivity contribution >= 4 is 34.5 Å². The molecular formula is C21H19ClN4O2S. The Morgan fingerprint density at radius 2 is 1.76 bits per heavy atom. The Bertz CT molecular complexity index is 1260. The molecule has 0 aliphatic heterocycles. The summed E-state index contributed by atoms with van der Waals surface area (Å²) in [5.74, 6) is 0.805. The van der Waals surface area contributed by atoms with E-state index < -0.39 is 11.2 Å². The topological polar surface area (TPSA) is 72.7 Å². The number of hydrogen-bond donors (Lipinski definition) is 1. The Morgan fingerprint density at radius 3 is 2.48 bits per heavy atom. The van der Waals surface area contributed by atoms with E-state index in [4.69, 9.17) is 11.6 Å². The minimum Gasteiger partial charge on any atom is -0.309 e. The zero-order valence-electron chi connectivity index (χ0n) is 15.8. The van der Waals surface area contributed by atoms with E-state index in [-0.39, 0.29) is 0 Å². The smallest absolute Gasteiger partial charge is 0.309 e. The van der Waals surface area contributed by atoms with Crippen molar-refractivity contribution in [1.29, 1.82) is 0 Å². The van der Waals surface area contributed by atoms with Crippen molar-refractivity contribution < 1.29 is 0 Å². The quantitative estimate of drug-likeness (QED) is 0.479. The van der Waals surface area contributed by atoms with Gasteiger partial charge in [-0.2, -0.15) is 0 Å². The Kier molecular flexibility index (Phi) is 5.60. The average Bonchev–Trinajstić information content (AvgIpc) is 3.08. The maximum absolute atomic E-state index is 12.6. The van der Waals surface area contributed by atoms with Crippen LogP contribution < -0.4 is 11.2 Å². The van der Waals surface area contributed by atoms with Gasteiger partial charge in [-0.3, -0.25) is 14.3 Å². The molecule has 2 aromatic heterocycles. The van der Waals surface area contributed by atoms with Crippen LogP contribution >= 0.6 is 23.4 Å². The van der Waals surface area contributed by atoms with E-state index >= 15 is 0 Å². The number of rotatable bonds is 6. The van der Waals surface area contributed by atoms with Crippen LogP contribution in [0.25, 0.3) is 11.2 Å². The van der Waals surface area contributed by atoms with Crippen molar-refractivity contribution in [3.8, 4) is 0 Å². The maximum Gasteiger partial charge on any atom is 0.329 e. The van der Waals surface area contributed by atoms with Gasteiger partial charge < -0.3 is 4.57 Å². The predicted molar refractivity (Wildman–Crippen MR) is 117 cm³/mol. The maximum atomic E-state index is 12.6. The lowest BCUT2D eigenvalue weighted by molar-refractivity contribution is 0.728. The van der Waals surface area contributed by atoms with Gasteiger partial charge >= 0.3 is 5.69 Å². The SMILES string of the molecule is Cn1c(=O)[nH]c(=O)c2c1nc(SCCc1ccccc1)n2Cc1ccc(Cl)cc1. The lowest BCUT2D eigenvalue weighted by Crippen LogP contribution is -2.29. The molecule has 1 N–H and O–H groups in total. The Balaban J connectivity index is 1.72. The van der Waals surface area contributed by atoms with E-state index in [1.807, 2.05) is 47.0 Å². The highest BCUT2D eigenvalue weighted by atomic mass is 35.5. The summed E-state index contributed by atoms with van der Waals surface area (Å²) in [5, 5.41) is 1.36. The molecule has 0 spiro atoms. The molecule has 0 amide bonds. The van der Waals surface area contributed by atoms with Gasteiger partial charge in [0.25, 0.3) is 5.56 Å². The number of thioether (sulfide) groups is 1. The predicted octanol–water partition coefficient (Wildman–Crippen LogP) is 3.46. The van der Waals surface area contributed by atoms with Gasteiger partial charge in [0.15, 0.2) is 16.3 Å². The van der Waals surface area contributed by atoms with E-state index in [2.05, 4.69) is 22.1 Å². The number of imidazole rings is 1. The van der Waals surface area contributed by atoms with Gasteiger partial charge in [0.2, 0.25) is 0 Å². The molecule has 0 fully saturated rings. The number of hydrogen-bond acceptors (Lipinski definition) is 4. The molecular weight excluding hydrogens is 408 g/mol. The molecule has 0 unspecified atom stereocenters. The highest BCUT2D eigenvalue weighted by molar-refractivity contribution is 7.99. The highest BCUT2D eigenvalue weighted by Gasteiger charge is 2.18. The van der Waals surface area contributed by atoms with Crippen LogP contribution in [0, 0.1) is 0 Å². The van der Waals surface area contributed by atoms with E-state index in [0.717, 1.165) is 17.7 Å². The number of H-pyrrole nitrogens is 1. The van der Waals surface area contributed by atoms with Gasteiger partial charge in [-0.25, -0.2) is 9.78 Å². The van der Waals surface area contributed by atoms with Crippen LogP contribution in [-0.4, -0.2) is 24.9 Å². The fourth-order valence-electron chi connectivity index (χ4n) is 3.15. The van der Waals surface area contributed by atoms with E-state index in [0.29, 0.717) is 27.9 Å². The molecule has 0 aliphatic rings. The van der Waals surface area contributed by atoms with Crippen molar-refractivity contribution in [2.24, 2.45) is 7.05 Å². The molecule has 0 radical (unpaired) electrons. The number of aromatic amines is 1. The third-order valence-electron chi connectivity index (χ3n) is 4.69. The van der Waals surface area contributed by atoms with Crippen molar-refractivity contribution in [2.75, 3.05) is 5.75 Å². The first-order chi connectivity index (χ1) is 14.0. The molecule has 0 aliphatic carbocycles. The zero-order chi connectivity index (χ0) is 20.4. The molecule has 0 saturated carbocycles. The summed E-state index contributed by atoms with van der Waals surface area (Å²) in [6, 6.07) is 17.7. The first-order valence-corrected chi connectivity index (χ1v) is 10.5. The van der Waals surface area contributed by atoms with Gasteiger partial charge in [0, 0.05) is 17.8 Å². The fourth-order valence-corrected chi connectivity index (χ4v) is 4.26.